The van der Waals surface area contributed by atoms with Crippen LogP contribution < -0.4 is 15.4 Å². The molecule has 6 heteroatoms. The van der Waals surface area contributed by atoms with Crippen LogP contribution in [0.25, 0.3) is 0 Å². The number of nitrogens with one attached hydrogen (secondary N) is 2. The zero-order valence-electron chi connectivity index (χ0n) is 14.5. The molecule has 2 atom stereocenters. The first kappa shape index (κ1) is 18.3. The third-order valence-corrected chi connectivity index (χ3v) is 3.80. The Morgan fingerprint density at radius 3 is 2.62 bits per heavy atom. The van der Waals surface area contributed by atoms with E-state index in [0.717, 1.165) is 6.42 Å². The lowest BCUT2D eigenvalue weighted by Gasteiger charge is -2.14. The Hall–Kier alpha value is -2.08. The highest BCUT2D eigenvalue weighted by Crippen LogP contribution is 2.40. The maximum Gasteiger partial charge on any atom is 0.228 e. The van der Waals surface area contributed by atoms with E-state index in [4.69, 9.17) is 9.47 Å². The van der Waals surface area contributed by atoms with Crippen molar-refractivity contribution < 1.29 is 19.1 Å². The molecule has 0 radical (unpaired) electrons. The lowest BCUT2D eigenvalue weighted by Crippen LogP contribution is -2.28. The molecular weight excluding hydrogens is 308 g/mol. The van der Waals surface area contributed by atoms with Crippen molar-refractivity contribution in [2.45, 2.75) is 32.8 Å². The topological polar surface area (TPSA) is 76.7 Å². The number of ether oxygens (including phenoxy) is 2. The van der Waals surface area contributed by atoms with Crippen molar-refractivity contribution in [3.05, 3.63) is 24.3 Å². The van der Waals surface area contributed by atoms with Gasteiger partial charge in [0.15, 0.2) is 0 Å². The average molecular weight is 334 g/mol. The van der Waals surface area contributed by atoms with Crippen molar-refractivity contribution >= 4 is 17.5 Å². The first-order valence-corrected chi connectivity index (χ1v) is 8.36. The molecule has 0 spiro atoms. The molecule has 2 unspecified atom stereocenters. The summed E-state index contributed by atoms with van der Waals surface area (Å²) in [5.41, 5.74) is 0.641. The highest BCUT2D eigenvalue weighted by Gasteiger charge is 2.48. The van der Waals surface area contributed by atoms with Crippen LogP contribution >= 0.6 is 0 Å². The molecule has 1 aromatic carbocycles. The zero-order chi connectivity index (χ0) is 17.5. The third-order valence-electron chi connectivity index (χ3n) is 3.80. The van der Waals surface area contributed by atoms with Crippen LogP contribution in [0.3, 0.4) is 0 Å². The van der Waals surface area contributed by atoms with Crippen molar-refractivity contribution in [2.24, 2.45) is 11.8 Å². The highest BCUT2D eigenvalue weighted by atomic mass is 16.5. The quantitative estimate of drug-likeness (QED) is 0.679. The van der Waals surface area contributed by atoms with Gasteiger partial charge in [0.05, 0.1) is 23.6 Å². The number of amides is 2. The summed E-state index contributed by atoms with van der Waals surface area (Å²) in [5, 5.41) is 5.72. The SMILES string of the molecule is COCCCNC(=O)C1CC1C(=O)Nc1ccccc1OC(C)C. The average Bonchev–Trinajstić information content (AvgIpc) is 3.33. The van der Waals surface area contributed by atoms with Gasteiger partial charge in [-0.3, -0.25) is 9.59 Å². The second-order valence-corrected chi connectivity index (χ2v) is 6.24. The fraction of sp³-hybridized carbons (Fsp3) is 0.556. The van der Waals surface area contributed by atoms with Crippen LogP contribution in [0.2, 0.25) is 0 Å². The summed E-state index contributed by atoms with van der Waals surface area (Å²) in [4.78, 5) is 24.3. The first-order valence-electron chi connectivity index (χ1n) is 8.36. The lowest BCUT2D eigenvalue weighted by atomic mass is 10.2. The molecule has 0 bridgehead atoms. The van der Waals surface area contributed by atoms with Crippen molar-refractivity contribution in [1.29, 1.82) is 0 Å². The molecule has 24 heavy (non-hydrogen) atoms. The van der Waals surface area contributed by atoms with Gasteiger partial charge < -0.3 is 20.1 Å². The molecule has 0 saturated heterocycles. The molecule has 1 aromatic rings. The Balaban J connectivity index is 1.83. The molecule has 0 aromatic heterocycles. The van der Waals surface area contributed by atoms with E-state index < -0.39 is 0 Å². The molecule has 1 aliphatic rings. The summed E-state index contributed by atoms with van der Waals surface area (Å²) in [6.45, 7) is 5.05. The largest absolute Gasteiger partial charge is 0.489 e. The van der Waals surface area contributed by atoms with Crippen molar-refractivity contribution in [1.82, 2.24) is 5.32 Å². The molecule has 0 aliphatic heterocycles. The molecule has 6 nitrogen and oxygen atoms in total. The number of anilines is 1. The number of rotatable bonds is 9. The van der Waals surface area contributed by atoms with Crippen LogP contribution in [0.5, 0.6) is 5.75 Å². The van der Waals surface area contributed by atoms with Gasteiger partial charge in [0, 0.05) is 20.3 Å². The van der Waals surface area contributed by atoms with Crippen LogP contribution in [0.15, 0.2) is 24.3 Å². The molecule has 132 valence electrons. The van der Waals surface area contributed by atoms with Gasteiger partial charge in [0.1, 0.15) is 5.75 Å². The van der Waals surface area contributed by atoms with Gasteiger partial charge in [0.25, 0.3) is 0 Å². The van der Waals surface area contributed by atoms with E-state index >= 15 is 0 Å². The van der Waals surface area contributed by atoms with Crippen molar-refractivity contribution in [3.8, 4) is 5.75 Å². The standard InChI is InChI=1S/C18H26N2O4/c1-12(2)24-16-8-5-4-7-15(16)20-18(22)14-11-13(14)17(21)19-9-6-10-23-3/h4-5,7-8,12-14H,6,9-11H2,1-3H3,(H,19,21)(H,20,22). The predicted octanol–water partition coefficient (Wildman–Crippen LogP) is 2.20. The van der Waals surface area contributed by atoms with E-state index in [2.05, 4.69) is 10.6 Å². The van der Waals surface area contributed by atoms with Gasteiger partial charge in [-0.15, -0.1) is 0 Å². The van der Waals surface area contributed by atoms with Gasteiger partial charge in [0.2, 0.25) is 11.8 Å². The first-order chi connectivity index (χ1) is 11.5. The molecule has 1 saturated carbocycles. The highest BCUT2D eigenvalue weighted by molar-refractivity contribution is 6.00. The maximum absolute atomic E-state index is 12.3. The van der Waals surface area contributed by atoms with E-state index in [1.54, 1.807) is 13.2 Å². The number of para-hydroxylation sites is 2. The fourth-order valence-electron chi connectivity index (χ4n) is 2.49. The van der Waals surface area contributed by atoms with Gasteiger partial charge >= 0.3 is 0 Å². The minimum atomic E-state index is -0.264. The maximum atomic E-state index is 12.3. The lowest BCUT2D eigenvalue weighted by molar-refractivity contribution is -0.125. The fourth-order valence-corrected chi connectivity index (χ4v) is 2.49. The minimum absolute atomic E-state index is 0.0228. The van der Waals surface area contributed by atoms with Crippen molar-refractivity contribution in [2.75, 3.05) is 25.6 Å². The molecular formula is C18H26N2O4. The summed E-state index contributed by atoms with van der Waals surface area (Å²) < 4.78 is 10.6. The summed E-state index contributed by atoms with van der Waals surface area (Å²) in [5.74, 6) is -0.0443. The Morgan fingerprint density at radius 1 is 1.21 bits per heavy atom. The third kappa shape index (κ3) is 5.23. The van der Waals surface area contributed by atoms with Gasteiger partial charge in [-0.25, -0.2) is 0 Å². The summed E-state index contributed by atoms with van der Waals surface area (Å²) in [7, 11) is 1.63. The number of benzene rings is 1. The Labute approximate surface area is 142 Å². The number of carbonyl (C=O) groups excluding carboxylic acids is 2. The monoisotopic (exact) mass is 334 g/mol. The molecule has 2 rings (SSSR count). The van der Waals surface area contributed by atoms with Crippen LogP contribution in [0.4, 0.5) is 5.69 Å². The number of hydrogen-bond donors (Lipinski definition) is 2. The van der Waals surface area contributed by atoms with E-state index in [0.29, 0.717) is 31.0 Å². The molecule has 1 fully saturated rings. The molecule has 2 amide bonds. The van der Waals surface area contributed by atoms with E-state index in [-0.39, 0.29) is 29.8 Å². The normalized spacial score (nSPS) is 19.0. The van der Waals surface area contributed by atoms with E-state index in [1.165, 1.54) is 0 Å². The molecule has 1 aliphatic carbocycles. The number of hydrogen-bond acceptors (Lipinski definition) is 4. The summed E-state index contributed by atoms with van der Waals surface area (Å²) in [6.07, 6.45) is 1.38. The second kappa shape index (κ2) is 8.68. The van der Waals surface area contributed by atoms with Crippen LogP contribution in [-0.2, 0) is 14.3 Å². The molecule has 2 N–H and O–H groups in total. The summed E-state index contributed by atoms with van der Waals surface area (Å²) >= 11 is 0. The smallest absolute Gasteiger partial charge is 0.228 e. The summed E-state index contributed by atoms with van der Waals surface area (Å²) in [6, 6.07) is 7.33. The molecule has 0 heterocycles. The van der Waals surface area contributed by atoms with Gasteiger partial charge in [-0.2, -0.15) is 0 Å². The van der Waals surface area contributed by atoms with Crippen LogP contribution in [0, 0.1) is 11.8 Å². The van der Waals surface area contributed by atoms with Crippen molar-refractivity contribution in [3.63, 3.8) is 0 Å². The Kier molecular flexibility index (Phi) is 6.61. The van der Waals surface area contributed by atoms with Crippen LogP contribution in [0.1, 0.15) is 26.7 Å². The zero-order valence-corrected chi connectivity index (χ0v) is 14.5. The van der Waals surface area contributed by atoms with Gasteiger partial charge in [-0.1, -0.05) is 12.1 Å². The number of carbonyl (C=O) groups is 2. The Morgan fingerprint density at radius 2 is 1.92 bits per heavy atom. The second-order valence-electron chi connectivity index (χ2n) is 6.24. The van der Waals surface area contributed by atoms with E-state index in [1.807, 2.05) is 32.0 Å². The number of methoxy groups -OCH3 is 1. The minimum Gasteiger partial charge on any atom is -0.489 e. The van der Waals surface area contributed by atoms with E-state index in [9.17, 15) is 9.59 Å². The predicted molar refractivity (Wildman–Crippen MR) is 91.9 cm³/mol. The van der Waals surface area contributed by atoms with Crippen LogP contribution in [-0.4, -0.2) is 38.2 Å². The van der Waals surface area contributed by atoms with Gasteiger partial charge in [-0.05, 0) is 38.8 Å². The Bertz CT molecular complexity index is 574.